The summed E-state index contributed by atoms with van der Waals surface area (Å²) in [6.07, 6.45) is -0.0475. The summed E-state index contributed by atoms with van der Waals surface area (Å²) in [6, 6.07) is 18.8. The number of hydrogen-bond acceptors (Lipinski definition) is 8. The molecule has 2 aromatic carbocycles. The lowest BCUT2D eigenvalue weighted by Crippen LogP contribution is -2.49. The number of nitrogens with zero attached hydrogens (tertiary/aromatic N) is 2. The fraction of sp³-hybridized carbons (Fsp3) is 0.250. The van der Waals surface area contributed by atoms with Gasteiger partial charge in [-0.05, 0) is 34.6 Å². The van der Waals surface area contributed by atoms with Gasteiger partial charge in [-0.25, -0.2) is 9.78 Å². The minimum Gasteiger partial charge on any atom is -0.453 e. The average molecular weight is 600 g/mol. The molecule has 0 radical (unpaired) electrons. The molecule has 2 aromatic heterocycles. The van der Waals surface area contributed by atoms with E-state index >= 15 is 0 Å². The number of benzene rings is 2. The van der Waals surface area contributed by atoms with E-state index in [1.807, 2.05) is 53.2 Å². The highest BCUT2D eigenvalue weighted by Gasteiger charge is 2.31. The highest BCUT2D eigenvalue weighted by Crippen LogP contribution is 2.33. The summed E-state index contributed by atoms with van der Waals surface area (Å²) in [6.45, 7) is 0. The zero-order chi connectivity index (χ0) is 28.7. The quantitative estimate of drug-likeness (QED) is 0.233. The smallest absolute Gasteiger partial charge is 0.407 e. The summed E-state index contributed by atoms with van der Waals surface area (Å²) in [5.41, 5.74) is 2.87. The number of hydrogen-bond donors (Lipinski definition) is 2. The van der Waals surface area contributed by atoms with Gasteiger partial charge < -0.3 is 15.0 Å². The Balaban J connectivity index is 1.64. The fourth-order valence-corrected chi connectivity index (χ4v) is 6.54. The molecule has 2 amide bonds. The molecule has 0 unspecified atom stereocenters. The first kappa shape index (κ1) is 29.4. The molecule has 2 atom stereocenters. The lowest BCUT2D eigenvalue weighted by atomic mass is 9.99. The maximum Gasteiger partial charge on any atom is 0.407 e. The molecule has 0 aliphatic heterocycles. The highest BCUT2D eigenvalue weighted by atomic mass is 32.2. The lowest BCUT2D eigenvalue weighted by molar-refractivity contribution is -0.134. The molecule has 2 N–H and O–H groups in total. The molecule has 0 aliphatic carbocycles. The third-order valence-electron chi connectivity index (χ3n) is 6.27. The summed E-state index contributed by atoms with van der Waals surface area (Å²) in [7, 11) is -1.22. The van der Waals surface area contributed by atoms with Crippen molar-refractivity contribution in [2.75, 3.05) is 14.2 Å². The maximum atomic E-state index is 13.9. The summed E-state index contributed by atoms with van der Waals surface area (Å²) >= 11 is 3.06. The van der Waals surface area contributed by atoms with E-state index in [1.165, 1.54) is 18.4 Å². The molecular formula is C28H29N3O6S3. The van der Waals surface area contributed by atoms with Gasteiger partial charge in [0.1, 0.15) is 16.8 Å². The van der Waals surface area contributed by atoms with Crippen molar-refractivity contribution in [3.8, 4) is 9.88 Å². The van der Waals surface area contributed by atoms with Gasteiger partial charge in [0.15, 0.2) is 0 Å². The molecule has 0 saturated heterocycles. The first-order chi connectivity index (χ1) is 19.1. The Morgan fingerprint density at radius 3 is 2.27 bits per heavy atom. The first-order valence-corrected chi connectivity index (χ1v) is 15.7. The molecule has 2 heterocycles. The van der Waals surface area contributed by atoms with E-state index in [9.17, 15) is 18.0 Å². The fourth-order valence-electron chi connectivity index (χ4n) is 4.25. The molecule has 0 fully saturated rings. The molecule has 0 aliphatic rings. The Hall–Kier alpha value is -3.58. The molecule has 0 bridgehead atoms. The normalized spacial score (nSPS) is 12.9. The van der Waals surface area contributed by atoms with Crippen LogP contribution in [0.5, 0.6) is 0 Å². The van der Waals surface area contributed by atoms with Crippen molar-refractivity contribution in [1.82, 2.24) is 15.2 Å². The molecule has 12 heteroatoms. The van der Waals surface area contributed by atoms with Crippen LogP contribution in [0.3, 0.4) is 0 Å². The number of rotatable bonds is 11. The highest BCUT2D eigenvalue weighted by molar-refractivity contribution is 7.85. The Morgan fingerprint density at radius 2 is 1.65 bits per heavy atom. The van der Waals surface area contributed by atoms with Crippen LogP contribution in [0.25, 0.3) is 9.88 Å². The van der Waals surface area contributed by atoms with Crippen molar-refractivity contribution in [2.24, 2.45) is 0 Å². The molecular weight excluding hydrogens is 571 g/mol. The van der Waals surface area contributed by atoms with Crippen LogP contribution in [0.4, 0.5) is 4.79 Å². The van der Waals surface area contributed by atoms with Gasteiger partial charge in [-0.15, -0.1) is 22.7 Å². The second-order valence-corrected chi connectivity index (χ2v) is 12.4. The average Bonchev–Trinajstić information content (AvgIpc) is 3.64. The van der Waals surface area contributed by atoms with Gasteiger partial charge in [-0.3, -0.25) is 9.35 Å². The molecule has 4 rings (SSSR count). The van der Waals surface area contributed by atoms with E-state index in [4.69, 9.17) is 14.3 Å². The zero-order valence-electron chi connectivity index (χ0n) is 21.9. The van der Waals surface area contributed by atoms with Crippen molar-refractivity contribution in [1.29, 1.82) is 0 Å². The SMILES string of the molecule is COC(=O)N[C@@H](Cc1ccccc1)C(=O)N(C)[C@@H](Cc1ccc(CS(=O)(=O)O)cc1)c1csc(-c2cccs2)n1. The number of ether oxygens (including phenoxy) is 1. The molecule has 210 valence electrons. The number of alkyl carbamates (subject to hydrolysis) is 1. The molecule has 0 saturated carbocycles. The molecule has 9 nitrogen and oxygen atoms in total. The number of carbonyl (C=O) groups is 2. The topological polar surface area (TPSA) is 126 Å². The first-order valence-electron chi connectivity index (χ1n) is 12.3. The predicted molar refractivity (Wildman–Crippen MR) is 156 cm³/mol. The number of amides is 2. The van der Waals surface area contributed by atoms with Crippen molar-refractivity contribution in [3.63, 3.8) is 0 Å². The van der Waals surface area contributed by atoms with Gasteiger partial charge in [-0.2, -0.15) is 8.42 Å². The van der Waals surface area contributed by atoms with Crippen molar-refractivity contribution < 1.29 is 27.3 Å². The second-order valence-electron chi connectivity index (χ2n) is 9.14. The van der Waals surface area contributed by atoms with E-state index in [1.54, 1.807) is 47.5 Å². The Kier molecular flexibility index (Phi) is 9.69. The number of thiazole rings is 1. The number of nitrogens with one attached hydrogen (secondary N) is 1. The van der Waals surface area contributed by atoms with Crippen LogP contribution in [0.15, 0.2) is 77.5 Å². The van der Waals surface area contributed by atoms with E-state index in [0.717, 1.165) is 21.0 Å². The van der Waals surface area contributed by atoms with E-state index in [2.05, 4.69) is 5.32 Å². The number of methoxy groups -OCH3 is 1. The third kappa shape index (κ3) is 7.98. The molecule has 0 spiro atoms. The second kappa shape index (κ2) is 13.2. The predicted octanol–water partition coefficient (Wildman–Crippen LogP) is 4.97. The van der Waals surface area contributed by atoms with Crippen LogP contribution >= 0.6 is 22.7 Å². The van der Waals surface area contributed by atoms with E-state index in [0.29, 0.717) is 17.7 Å². The maximum absolute atomic E-state index is 13.9. The van der Waals surface area contributed by atoms with Crippen LogP contribution in [-0.4, -0.2) is 55.1 Å². The van der Waals surface area contributed by atoms with Crippen LogP contribution in [0, 0.1) is 0 Å². The molecule has 4 aromatic rings. The van der Waals surface area contributed by atoms with Gasteiger partial charge in [0.05, 0.1) is 23.7 Å². The number of carbonyl (C=O) groups excluding carboxylic acids is 2. The monoisotopic (exact) mass is 599 g/mol. The van der Waals surface area contributed by atoms with Gasteiger partial charge in [0, 0.05) is 18.8 Å². The lowest BCUT2D eigenvalue weighted by Gasteiger charge is -2.31. The van der Waals surface area contributed by atoms with Crippen molar-refractivity contribution in [3.05, 3.63) is 99.9 Å². The van der Waals surface area contributed by atoms with Crippen LogP contribution in [0.2, 0.25) is 0 Å². The van der Waals surface area contributed by atoms with Gasteiger partial charge in [-0.1, -0.05) is 60.7 Å². The summed E-state index contributed by atoms with van der Waals surface area (Å²) < 4.78 is 36.5. The number of thiophene rings is 1. The minimum atomic E-state index is -4.15. The van der Waals surface area contributed by atoms with E-state index in [-0.39, 0.29) is 12.3 Å². The summed E-state index contributed by atoms with van der Waals surface area (Å²) in [5, 5.41) is 7.42. The van der Waals surface area contributed by atoms with Crippen molar-refractivity contribution >= 4 is 44.8 Å². The van der Waals surface area contributed by atoms with E-state index < -0.39 is 34.0 Å². The Labute approximate surface area is 241 Å². The number of likely N-dealkylation sites (N-methyl/N-ethyl adjacent to an activating group) is 1. The third-order valence-corrected chi connectivity index (χ3v) is 8.87. The largest absolute Gasteiger partial charge is 0.453 e. The molecule has 40 heavy (non-hydrogen) atoms. The standard InChI is InChI=1S/C28H29N3O6S3/c1-31(27(32)22(30-28(33)37-2)15-19-7-4-3-5-8-19)24(23-17-39-26(29-23)25-9-6-14-38-25)16-20-10-12-21(13-11-20)18-40(34,35)36/h3-14,17,22,24H,15-16,18H2,1-2H3,(H,30,33)(H,34,35,36)/t22-,24-/m0/s1. The van der Waals surface area contributed by atoms with Crippen LogP contribution in [0.1, 0.15) is 28.4 Å². The zero-order valence-corrected chi connectivity index (χ0v) is 24.3. The summed E-state index contributed by atoms with van der Waals surface area (Å²) in [4.78, 5) is 33.5. The van der Waals surface area contributed by atoms with Crippen LogP contribution < -0.4 is 5.32 Å². The van der Waals surface area contributed by atoms with Gasteiger partial charge in [0.2, 0.25) is 5.91 Å². The Bertz CT molecular complexity index is 1520. The van der Waals surface area contributed by atoms with Gasteiger partial charge in [0.25, 0.3) is 10.1 Å². The summed E-state index contributed by atoms with van der Waals surface area (Å²) in [5.74, 6) is -0.793. The minimum absolute atomic E-state index is 0.272. The Morgan fingerprint density at radius 1 is 0.975 bits per heavy atom. The van der Waals surface area contributed by atoms with Crippen molar-refractivity contribution in [2.45, 2.75) is 30.7 Å². The van der Waals surface area contributed by atoms with Gasteiger partial charge >= 0.3 is 6.09 Å². The van der Waals surface area contributed by atoms with Crippen LogP contribution in [-0.2, 0) is 38.2 Å². The number of aromatic nitrogens is 1.